The standard InChI is InChI=1S/C21H20F3N3O3/c1-5-28-29-13-19(25-4)20-14(2)10-16(11-15(20)3)12-26-27-17-6-8-18(9-7-17)30-21(22,23)24/h6-12H,5,13H2,1-3H3. The highest BCUT2D eigenvalue weighted by molar-refractivity contribution is 5.56. The molecule has 2 aromatic carbocycles. The average Bonchev–Trinajstić information content (AvgIpc) is 2.66. The zero-order valence-corrected chi connectivity index (χ0v) is 16.7. The number of azo groups is 1. The van der Waals surface area contributed by atoms with E-state index in [1.165, 1.54) is 18.3 Å². The average molecular weight is 419 g/mol. The summed E-state index contributed by atoms with van der Waals surface area (Å²) in [6, 6.07) is 8.77. The number of hydrogen-bond acceptors (Lipinski definition) is 5. The van der Waals surface area contributed by atoms with Crippen molar-refractivity contribution < 1.29 is 27.7 Å². The highest BCUT2D eigenvalue weighted by Crippen LogP contribution is 2.24. The highest BCUT2D eigenvalue weighted by Gasteiger charge is 2.30. The molecule has 0 aromatic heterocycles. The van der Waals surface area contributed by atoms with E-state index < -0.39 is 6.36 Å². The number of aryl methyl sites for hydroxylation is 2. The third kappa shape index (κ3) is 6.99. The summed E-state index contributed by atoms with van der Waals surface area (Å²) in [5.41, 5.74) is 2.56. The Hall–Kier alpha value is -3.22. The fourth-order valence-corrected chi connectivity index (χ4v) is 2.74. The van der Waals surface area contributed by atoms with Gasteiger partial charge >= 0.3 is 6.36 Å². The van der Waals surface area contributed by atoms with Gasteiger partial charge in [-0.2, -0.15) is 10.2 Å². The van der Waals surface area contributed by atoms with E-state index in [2.05, 4.69) is 19.8 Å². The van der Waals surface area contributed by atoms with E-state index in [1.807, 2.05) is 26.0 Å². The van der Waals surface area contributed by atoms with Gasteiger partial charge in [-0.25, -0.2) is 14.6 Å². The lowest BCUT2D eigenvalue weighted by molar-refractivity contribution is -0.280. The topological polar surface area (TPSA) is 56.8 Å². The summed E-state index contributed by atoms with van der Waals surface area (Å²) in [7, 11) is 0. The molecule has 0 aliphatic heterocycles. The molecule has 0 spiro atoms. The van der Waals surface area contributed by atoms with Crippen molar-refractivity contribution in [3.63, 3.8) is 0 Å². The highest BCUT2D eigenvalue weighted by atomic mass is 19.4. The smallest absolute Gasteiger partial charge is 0.406 e. The minimum absolute atomic E-state index is 0.0514. The molecule has 9 heteroatoms. The summed E-state index contributed by atoms with van der Waals surface area (Å²) >= 11 is 0. The normalized spacial score (nSPS) is 11.4. The maximum atomic E-state index is 12.2. The molecule has 0 aliphatic carbocycles. The van der Waals surface area contributed by atoms with Gasteiger partial charge in [0.05, 0.1) is 25.1 Å². The van der Waals surface area contributed by atoms with Crippen molar-refractivity contribution in [3.05, 3.63) is 69.4 Å². The van der Waals surface area contributed by atoms with Gasteiger partial charge in [0.25, 0.3) is 0 Å². The monoisotopic (exact) mass is 419 g/mol. The SMILES string of the molecule is [C-]#[N+]C(COOCC)=c1c(C)cc(=CN=Nc2ccc(OC(F)(F)F)cc2)cc1C. The molecule has 0 heterocycles. The number of ether oxygens (including phenoxy) is 1. The first kappa shape index (κ1) is 23.1. The Morgan fingerprint density at radius 3 is 2.27 bits per heavy atom. The molecule has 0 fully saturated rings. The summed E-state index contributed by atoms with van der Waals surface area (Å²) < 4.78 is 40.3. The number of halogens is 3. The first-order valence-electron chi connectivity index (χ1n) is 8.92. The van der Waals surface area contributed by atoms with Crippen LogP contribution in [0, 0.1) is 20.4 Å². The third-order valence-corrected chi connectivity index (χ3v) is 3.83. The lowest BCUT2D eigenvalue weighted by atomic mass is 10.1. The molecule has 0 saturated heterocycles. The Bertz CT molecular complexity index is 1030. The summed E-state index contributed by atoms with van der Waals surface area (Å²) in [5, 5.41) is 9.50. The van der Waals surface area contributed by atoms with Crippen LogP contribution < -0.4 is 15.2 Å². The van der Waals surface area contributed by atoms with Crippen LogP contribution in [-0.2, 0) is 9.78 Å². The Balaban J connectivity index is 2.23. The Morgan fingerprint density at radius 2 is 1.73 bits per heavy atom. The van der Waals surface area contributed by atoms with Crippen LogP contribution in [0.4, 0.5) is 18.9 Å². The predicted molar refractivity (Wildman–Crippen MR) is 105 cm³/mol. The van der Waals surface area contributed by atoms with Gasteiger partial charge in [-0.3, -0.25) is 0 Å². The molecule has 30 heavy (non-hydrogen) atoms. The maximum absolute atomic E-state index is 12.2. The van der Waals surface area contributed by atoms with E-state index in [0.29, 0.717) is 18.0 Å². The fraction of sp³-hybridized carbons (Fsp3) is 0.286. The van der Waals surface area contributed by atoms with Crippen LogP contribution in [0.5, 0.6) is 5.75 Å². The van der Waals surface area contributed by atoms with Gasteiger partial charge in [-0.15, -0.1) is 13.2 Å². The van der Waals surface area contributed by atoms with Gasteiger partial charge in [0, 0.05) is 0 Å². The Morgan fingerprint density at radius 1 is 1.10 bits per heavy atom. The van der Waals surface area contributed by atoms with Gasteiger partial charge in [0.15, 0.2) is 0 Å². The van der Waals surface area contributed by atoms with Crippen LogP contribution in [0.2, 0.25) is 0 Å². The largest absolute Gasteiger partial charge is 0.573 e. The lowest BCUT2D eigenvalue weighted by Crippen LogP contribution is -2.20. The van der Waals surface area contributed by atoms with E-state index in [1.54, 1.807) is 6.92 Å². The van der Waals surface area contributed by atoms with E-state index in [-0.39, 0.29) is 12.4 Å². The molecular formula is C21H20F3N3O3. The predicted octanol–water partition coefficient (Wildman–Crippen LogP) is 4.72. The van der Waals surface area contributed by atoms with Gasteiger partial charge in [-0.1, -0.05) is 23.3 Å². The molecule has 0 bridgehead atoms. The molecule has 0 atom stereocenters. The maximum Gasteiger partial charge on any atom is 0.573 e. The molecule has 0 radical (unpaired) electrons. The summed E-state index contributed by atoms with van der Waals surface area (Å²) in [4.78, 5) is 13.4. The van der Waals surface area contributed by atoms with Crippen molar-refractivity contribution in [1.82, 2.24) is 0 Å². The molecule has 0 N–H and O–H groups in total. The first-order chi connectivity index (χ1) is 14.2. The number of rotatable bonds is 7. The van der Waals surface area contributed by atoms with Gasteiger partial charge in [0.1, 0.15) is 12.4 Å². The second-order valence-corrected chi connectivity index (χ2v) is 6.14. The molecule has 158 valence electrons. The number of benzene rings is 2. The molecule has 0 aliphatic rings. The van der Waals surface area contributed by atoms with Crippen molar-refractivity contribution in [2.75, 3.05) is 13.2 Å². The number of hydrogen-bond donors (Lipinski definition) is 0. The zero-order valence-electron chi connectivity index (χ0n) is 16.7. The second-order valence-electron chi connectivity index (χ2n) is 6.14. The minimum Gasteiger partial charge on any atom is -0.406 e. The molecule has 2 aromatic rings. The van der Waals surface area contributed by atoms with Crippen LogP contribution in [0.1, 0.15) is 18.1 Å². The Kier molecular flexibility index (Phi) is 8.09. The lowest BCUT2D eigenvalue weighted by Gasteiger charge is -2.07. The van der Waals surface area contributed by atoms with Gasteiger partial charge in [-0.05, 0) is 55.5 Å². The number of nitrogens with zero attached hydrogens (tertiary/aromatic N) is 3. The van der Waals surface area contributed by atoms with Crippen LogP contribution in [0.3, 0.4) is 0 Å². The number of alkyl halides is 3. The van der Waals surface area contributed by atoms with E-state index in [9.17, 15) is 13.2 Å². The van der Waals surface area contributed by atoms with Crippen molar-refractivity contribution in [3.8, 4) is 5.75 Å². The van der Waals surface area contributed by atoms with Crippen LogP contribution >= 0.6 is 0 Å². The fourth-order valence-electron chi connectivity index (χ4n) is 2.74. The second kappa shape index (κ2) is 10.5. The van der Waals surface area contributed by atoms with Crippen LogP contribution in [0.15, 0.2) is 46.6 Å². The molecule has 2 rings (SSSR count). The summed E-state index contributed by atoms with van der Waals surface area (Å²) in [6.07, 6.45) is -3.21. The molecular weight excluding hydrogens is 399 g/mol. The van der Waals surface area contributed by atoms with E-state index in [0.717, 1.165) is 33.7 Å². The van der Waals surface area contributed by atoms with Crippen molar-refractivity contribution in [2.24, 2.45) is 10.2 Å². The quantitative estimate of drug-likeness (QED) is 0.215. The van der Waals surface area contributed by atoms with Crippen molar-refractivity contribution in [2.45, 2.75) is 27.1 Å². The van der Waals surface area contributed by atoms with Crippen molar-refractivity contribution >= 4 is 17.6 Å². The van der Waals surface area contributed by atoms with Gasteiger partial charge in [0.2, 0.25) is 5.70 Å². The molecule has 0 amide bonds. The van der Waals surface area contributed by atoms with Crippen LogP contribution in [-0.4, -0.2) is 19.6 Å². The zero-order chi connectivity index (χ0) is 22.1. The van der Waals surface area contributed by atoms with Crippen LogP contribution in [0.25, 0.3) is 16.7 Å². The van der Waals surface area contributed by atoms with E-state index in [4.69, 9.17) is 16.3 Å². The Labute approximate surface area is 171 Å². The third-order valence-electron chi connectivity index (χ3n) is 3.83. The summed E-state index contributed by atoms with van der Waals surface area (Å²) in [6.45, 7) is 13.4. The van der Waals surface area contributed by atoms with Gasteiger partial charge < -0.3 is 4.74 Å². The molecule has 0 saturated carbocycles. The first-order valence-corrected chi connectivity index (χ1v) is 8.92. The van der Waals surface area contributed by atoms with E-state index >= 15 is 0 Å². The molecule has 0 unspecified atom stereocenters. The summed E-state index contributed by atoms with van der Waals surface area (Å²) in [5.74, 6) is -0.326. The molecule has 6 nitrogen and oxygen atoms in total. The minimum atomic E-state index is -4.74. The van der Waals surface area contributed by atoms with Crippen molar-refractivity contribution in [1.29, 1.82) is 0 Å².